The third-order valence-electron chi connectivity index (χ3n) is 6.35. The maximum absolute atomic E-state index is 13.7. The smallest absolute Gasteiger partial charge is 0.411 e. The zero-order chi connectivity index (χ0) is 25.7. The molecule has 2 atom stereocenters. The summed E-state index contributed by atoms with van der Waals surface area (Å²) in [6, 6.07) is 23.9. The van der Waals surface area contributed by atoms with Gasteiger partial charge in [0.1, 0.15) is 0 Å². The van der Waals surface area contributed by atoms with E-state index in [4.69, 9.17) is 4.74 Å². The molecule has 0 saturated heterocycles. The highest BCUT2D eigenvalue weighted by atomic mass is 16.5. The van der Waals surface area contributed by atoms with Crippen molar-refractivity contribution < 1.29 is 19.1 Å². The second kappa shape index (κ2) is 11.1. The van der Waals surface area contributed by atoms with Gasteiger partial charge in [0.15, 0.2) is 0 Å². The molecule has 36 heavy (non-hydrogen) atoms. The summed E-state index contributed by atoms with van der Waals surface area (Å²) in [6.45, 7) is 5.89. The van der Waals surface area contributed by atoms with Crippen LogP contribution in [0.3, 0.4) is 0 Å². The molecule has 1 N–H and O–H groups in total. The van der Waals surface area contributed by atoms with E-state index in [1.54, 1.807) is 36.1 Å². The van der Waals surface area contributed by atoms with Gasteiger partial charge >= 0.3 is 6.09 Å². The van der Waals surface area contributed by atoms with E-state index in [9.17, 15) is 14.4 Å². The van der Waals surface area contributed by atoms with E-state index in [1.165, 1.54) is 0 Å². The van der Waals surface area contributed by atoms with Crippen molar-refractivity contribution in [1.82, 2.24) is 0 Å². The lowest BCUT2D eigenvalue weighted by Gasteiger charge is -2.43. The number of ether oxygens (including phenoxy) is 1. The SMILES string of the molecule is CCOC(=O)Nc1ccc(C(=O)N2c3ccccc3[C@H](N(C(=O)CC)c3ccccc3)C[C@@H]2C)cc1. The largest absolute Gasteiger partial charge is 0.450 e. The lowest BCUT2D eigenvalue weighted by atomic mass is 9.89. The first-order valence-corrected chi connectivity index (χ1v) is 12.3. The van der Waals surface area contributed by atoms with Gasteiger partial charge in [-0.2, -0.15) is 0 Å². The van der Waals surface area contributed by atoms with Crippen molar-refractivity contribution in [2.24, 2.45) is 0 Å². The molecule has 7 nitrogen and oxygen atoms in total. The van der Waals surface area contributed by atoms with Crippen molar-refractivity contribution in [2.45, 2.75) is 45.7 Å². The highest BCUT2D eigenvalue weighted by Gasteiger charge is 2.38. The normalized spacial score (nSPS) is 16.6. The molecule has 1 aliphatic heterocycles. The van der Waals surface area contributed by atoms with E-state index < -0.39 is 6.09 Å². The summed E-state index contributed by atoms with van der Waals surface area (Å²) in [7, 11) is 0. The van der Waals surface area contributed by atoms with Crippen LogP contribution < -0.4 is 15.1 Å². The first-order valence-electron chi connectivity index (χ1n) is 12.3. The van der Waals surface area contributed by atoms with Gasteiger partial charge in [0.05, 0.1) is 12.6 Å². The maximum atomic E-state index is 13.7. The summed E-state index contributed by atoms with van der Waals surface area (Å²) < 4.78 is 4.90. The van der Waals surface area contributed by atoms with Gasteiger partial charge in [-0.3, -0.25) is 14.9 Å². The molecular weight excluding hydrogens is 454 g/mol. The molecule has 0 unspecified atom stereocenters. The fraction of sp³-hybridized carbons (Fsp3) is 0.276. The quantitative estimate of drug-likeness (QED) is 0.452. The average molecular weight is 486 g/mol. The topological polar surface area (TPSA) is 79.0 Å². The number of fused-ring (bicyclic) bond motifs is 1. The van der Waals surface area contributed by atoms with Crippen LogP contribution in [-0.4, -0.2) is 30.6 Å². The second-order valence-electron chi connectivity index (χ2n) is 8.71. The van der Waals surface area contributed by atoms with Gasteiger partial charge in [0, 0.05) is 35.1 Å². The van der Waals surface area contributed by atoms with Crippen LogP contribution in [-0.2, 0) is 9.53 Å². The minimum atomic E-state index is -0.536. The first-order chi connectivity index (χ1) is 17.4. The number of hydrogen-bond donors (Lipinski definition) is 1. The summed E-state index contributed by atoms with van der Waals surface area (Å²) in [4.78, 5) is 42.2. The Morgan fingerprint density at radius 2 is 1.61 bits per heavy atom. The number of anilines is 3. The van der Waals surface area contributed by atoms with Crippen LogP contribution in [0.4, 0.5) is 21.9 Å². The summed E-state index contributed by atoms with van der Waals surface area (Å²) >= 11 is 0. The molecule has 0 aliphatic carbocycles. The highest BCUT2D eigenvalue weighted by molar-refractivity contribution is 6.08. The van der Waals surface area contributed by atoms with Gasteiger partial charge < -0.3 is 14.5 Å². The van der Waals surface area contributed by atoms with Gasteiger partial charge in [0.2, 0.25) is 5.91 Å². The first kappa shape index (κ1) is 25.0. The predicted octanol–water partition coefficient (Wildman–Crippen LogP) is 6.18. The minimum absolute atomic E-state index is 0.0395. The zero-order valence-corrected chi connectivity index (χ0v) is 20.8. The standard InChI is InChI=1S/C29H31N3O4/c1-4-27(33)32(23-11-7-6-8-12-23)26-19-20(3)31(25-14-10-9-13-24(25)26)28(34)21-15-17-22(18-16-21)30-29(35)36-5-2/h6-18,20,26H,4-5,19H2,1-3H3,(H,30,35)/t20-,26+/m0/s1. The fourth-order valence-electron chi connectivity index (χ4n) is 4.71. The molecule has 0 saturated carbocycles. The Bertz CT molecular complexity index is 1230. The van der Waals surface area contributed by atoms with E-state index in [1.807, 2.05) is 73.3 Å². The predicted molar refractivity (Wildman–Crippen MR) is 141 cm³/mol. The molecular formula is C29H31N3O4. The van der Waals surface area contributed by atoms with Gasteiger partial charge in [-0.15, -0.1) is 0 Å². The van der Waals surface area contributed by atoms with Crippen LogP contribution in [0, 0.1) is 0 Å². The fourth-order valence-corrected chi connectivity index (χ4v) is 4.71. The van der Waals surface area contributed by atoms with Gasteiger partial charge in [-0.25, -0.2) is 4.79 Å². The van der Waals surface area contributed by atoms with Crippen LogP contribution in [0.25, 0.3) is 0 Å². The Balaban J connectivity index is 1.66. The Morgan fingerprint density at radius 1 is 0.944 bits per heavy atom. The summed E-state index contributed by atoms with van der Waals surface area (Å²) in [5.41, 5.74) is 3.64. The van der Waals surface area contributed by atoms with Crippen LogP contribution in [0.2, 0.25) is 0 Å². The molecule has 7 heteroatoms. The van der Waals surface area contributed by atoms with E-state index in [0.717, 1.165) is 16.9 Å². The number of rotatable bonds is 6. The summed E-state index contributed by atoms with van der Waals surface area (Å²) in [5, 5.41) is 2.64. The van der Waals surface area contributed by atoms with Gasteiger partial charge in [0.25, 0.3) is 5.91 Å². The molecule has 3 aromatic carbocycles. The molecule has 0 spiro atoms. The molecule has 186 valence electrons. The Labute approximate surface area is 211 Å². The number of nitrogens with zero attached hydrogens (tertiary/aromatic N) is 2. The average Bonchev–Trinajstić information content (AvgIpc) is 2.89. The molecule has 1 heterocycles. The Hall–Kier alpha value is -4.13. The molecule has 4 rings (SSSR count). The van der Waals surface area contributed by atoms with Crippen molar-refractivity contribution >= 4 is 35.0 Å². The minimum Gasteiger partial charge on any atom is -0.450 e. The summed E-state index contributed by atoms with van der Waals surface area (Å²) in [6.07, 6.45) is 0.452. The van der Waals surface area contributed by atoms with Crippen LogP contribution in [0.1, 0.15) is 55.6 Å². The third-order valence-corrected chi connectivity index (χ3v) is 6.35. The maximum Gasteiger partial charge on any atom is 0.411 e. The monoisotopic (exact) mass is 485 g/mol. The van der Waals surface area contributed by atoms with Gasteiger partial charge in [-0.1, -0.05) is 43.3 Å². The Morgan fingerprint density at radius 3 is 2.28 bits per heavy atom. The lowest BCUT2D eigenvalue weighted by Crippen LogP contribution is -2.47. The molecule has 0 fully saturated rings. The van der Waals surface area contributed by atoms with Crippen molar-refractivity contribution in [1.29, 1.82) is 0 Å². The number of nitrogens with one attached hydrogen (secondary N) is 1. The molecule has 3 aromatic rings. The van der Waals surface area contributed by atoms with Crippen molar-refractivity contribution in [2.75, 3.05) is 21.7 Å². The van der Waals surface area contributed by atoms with E-state index in [0.29, 0.717) is 24.1 Å². The second-order valence-corrected chi connectivity index (χ2v) is 8.71. The van der Waals surface area contributed by atoms with E-state index >= 15 is 0 Å². The van der Waals surface area contributed by atoms with E-state index in [2.05, 4.69) is 5.32 Å². The molecule has 3 amide bonds. The van der Waals surface area contributed by atoms with Crippen LogP contribution in [0.5, 0.6) is 0 Å². The molecule has 0 bridgehead atoms. The highest BCUT2D eigenvalue weighted by Crippen LogP contribution is 2.42. The van der Waals surface area contributed by atoms with Crippen LogP contribution >= 0.6 is 0 Å². The van der Waals surface area contributed by atoms with E-state index in [-0.39, 0.29) is 30.5 Å². The number of amides is 3. The number of para-hydroxylation sites is 2. The van der Waals surface area contributed by atoms with Crippen molar-refractivity contribution in [3.05, 3.63) is 90.0 Å². The number of carbonyl (C=O) groups excluding carboxylic acids is 3. The summed E-state index contributed by atoms with van der Waals surface area (Å²) in [5.74, 6) is -0.0955. The molecule has 1 aliphatic rings. The Kier molecular flexibility index (Phi) is 7.68. The number of benzene rings is 3. The molecule has 0 aromatic heterocycles. The lowest BCUT2D eigenvalue weighted by molar-refractivity contribution is -0.118. The number of hydrogen-bond acceptors (Lipinski definition) is 4. The van der Waals surface area contributed by atoms with Crippen molar-refractivity contribution in [3.8, 4) is 0 Å². The van der Waals surface area contributed by atoms with Gasteiger partial charge in [-0.05, 0) is 68.3 Å². The zero-order valence-electron chi connectivity index (χ0n) is 20.8. The number of carbonyl (C=O) groups is 3. The van der Waals surface area contributed by atoms with Crippen LogP contribution in [0.15, 0.2) is 78.9 Å². The van der Waals surface area contributed by atoms with Crippen molar-refractivity contribution in [3.63, 3.8) is 0 Å². The molecule has 0 radical (unpaired) electrons. The third kappa shape index (κ3) is 5.10.